The van der Waals surface area contributed by atoms with Crippen LogP contribution in [0.2, 0.25) is 0 Å². The molecule has 7 nitrogen and oxygen atoms in total. The molecule has 1 aromatic heterocycles. The Balaban J connectivity index is 2.20. The maximum Gasteiger partial charge on any atom is 0.278 e. The number of thiazole rings is 1. The predicted octanol–water partition coefficient (Wildman–Crippen LogP) is 1.95. The van der Waals surface area contributed by atoms with Gasteiger partial charge in [0, 0.05) is 27.7 Å². The number of fused-ring (bicyclic) bond motifs is 1. The maximum atomic E-state index is 12.8. The van der Waals surface area contributed by atoms with E-state index in [0.29, 0.717) is 0 Å². The normalized spacial score (nSPS) is 18.7. The van der Waals surface area contributed by atoms with E-state index in [1.165, 1.54) is 30.5 Å². The van der Waals surface area contributed by atoms with Crippen LogP contribution in [0.4, 0.5) is 5.13 Å². The second-order valence-corrected chi connectivity index (χ2v) is 7.68. The van der Waals surface area contributed by atoms with E-state index < -0.39 is 39.3 Å². The second kappa shape index (κ2) is 5.36. The van der Waals surface area contributed by atoms with E-state index in [4.69, 9.17) is 4.11 Å². The third-order valence-corrected chi connectivity index (χ3v) is 5.55. The van der Waals surface area contributed by atoms with Gasteiger partial charge < -0.3 is 5.11 Å². The molecule has 0 spiro atoms. The Labute approximate surface area is 141 Å². The van der Waals surface area contributed by atoms with Crippen LogP contribution in [0.3, 0.4) is 0 Å². The van der Waals surface area contributed by atoms with Crippen LogP contribution in [0.5, 0.6) is 0 Å². The largest absolute Gasteiger partial charge is 0.505 e. The number of sulfonamides is 1. The van der Waals surface area contributed by atoms with Gasteiger partial charge in [-0.15, -0.1) is 11.3 Å². The van der Waals surface area contributed by atoms with Crippen LogP contribution in [0, 0.1) is 6.92 Å². The number of amides is 1. The van der Waals surface area contributed by atoms with E-state index in [1.54, 1.807) is 6.92 Å². The summed E-state index contributed by atoms with van der Waals surface area (Å²) in [5, 5.41) is 13.0. The Morgan fingerprint density at radius 1 is 1.43 bits per heavy atom. The quantitative estimate of drug-likeness (QED) is 0.859. The highest BCUT2D eigenvalue weighted by Crippen LogP contribution is 2.34. The average Bonchev–Trinajstić information content (AvgIpc) is 2.94. The SMILES string of the molecule is [2H]C([2H])([2H])N1C(C(=O)Nc2ncc(C)s2)=C(O)c2ccccc2S1(=O)=O. The van der Waals surface area contributed by atoms with E-state index in [1.807, 2.05) is 0 Å². The summed E-state index contributed by atoms with van der Waals surface area (Å²) in [4.78, 5) is 16.9. The van der Waals surface area contributed by atoms with Crippen LogP contribution in [0.15, 0.2) is 41.1 Å². The van der Waals surface area contributed by atoms with Gasteiger partial charge in [-0.1, -0.05) is 12.1 Å². The zero-order chi connectivity index (χ0) is 19.3. The lowest BCUT2D eigenvalue weighted by Crippen LogP contribution is -2.37. The fourth-order valence-electron chi connectivity index (χ4n) is 2.10. The van der Waals surface area contributed by atoms with Crippen molar-refractivity contribution >= 4 is 38.2 Å². The van der Waals surface area contributed by atoms with E-state index >= 15 is 0 Å². The third kappa shape index (κ3) is 2.47. The number of benzene rings is 1. The van der Waals surface area contributed by atoms with Crippen LogP contribution in [0.25, 0.3) is 5.76 Å². The number of nitrogens with one attached hydrogen (secondary N) is 1. The van der Waals surface area contributed by atoms with E-state index in [-0.39, 0.29) is 15.0 Å². The molecule has 1 aliphatic heterocycles. The highest BCUT2D eigenvalue weighted by atomic mass is 32.2. The fourth-order valence-corrected chi connectivity index (χ4v) is 4.06. The van der Waals surface area contributed by atoms with Gasteiger partial charge in [0.25, 0.3) is 15.9 Å². The molecule has 1 aromatic carbocycles. The number of hydrogen-bond acceptors (Lipinski definition) is 6. The van der Waals surface area contributed by atoms with Crippen LogP contribution in [-0.4, -0.2) is 35.7 Å². The molecule has 2 aromatic rings. The smallest absolute Gasteiger partial charge is 0.278 e. The van der Waals surface area contributed by atoms with E-state index in [9.17, 15) is 18.3 Å². The minimum Gasteiger partial charge on any atom is -0.505 e. The molecule has 1 aliphatic rings. The molecule has 2 N–H and O–H groups in total. The highest BCUT2D eigenvalue weighted by molar-refractivity contribution is 7.89. The molecule has 0 fully saturated rings. The van der Waals surface area contributed by atoms with Crippen molar-refractivity contribution in [1.29, 1.82) is 0 Å². The van der Waals surface area contributed by atoms with Crippen molar-refractivity contribution in [2.24, 2.45) is 0 Å². The molecule has 0 saturated heterocycles. The number of aromatic nitrogens is 1. The van der Waals surface area contributed by atoms with Crippen molar-refractivity contribution in [3.63, 3.8) is 0 Å². The van der Waals surface area contributed by atoms with Crippen molar-refractivity contribution in [2.75, 3.05) is 12.3 Å². The van der Waals surface area contributed by atoms with Crippen molar-refractivity contribution in [1.82, 2.24) is 9.29 Å². The summed E-state index contributed by atoms with van der Waals surface area (Å²) < 4.78 is 48.2. The number of likely N-dealkylation sites (N-methyl/N-ethyl adjacent to an activating group) is 1. The third-order valence-electron chi connectivity index (χ3n) is 3.14. The molecule has 23 heavy (non-hydrogen) atoms. The molecule has 120 valence electrons. The highest BCUT2D eigenvalue weighted by Gasteiger charge is 2.37. The molecule has 0 atom stereocenters. The lowest BCUT2D eigenvalue weighted by molar-refractivity contribution is -0.113. The first-order valence-corrected chi connectivity index (χ1v) is 8.61. The van der Waals surface area contributed by atoms with Gasteiger partial charge in [0.15, 0.2) is 16.6 Å². The number of aliphatic hydroxyl groups is 1. The summed E-state index contributed by atoms with van der Waals surface area (Å²) in [6.07, 6.45) is 1.49. The summed E-state index contributed by atoms with van der Waals surface area (Å²) in [5.74, 6) is -1.83. The molecule has 2 heterocycles. The summed E-state index contributed by atoms with van der Waals surface area (Å²) in [7, 11) is -4.58. The number of aliphatic hydroxyl groups excluding tert-OH is 1. The average molecular weight is 354 g/mol. The molecule has 0 unspecified atom stereocenters. The summed E-state index contributed by atoms with van der Waals surface area (Å²) in [5.41, 5.74) is -1.02. The molecule has 3 rings (SSSR count). The van der Waals surface area contributed by atoms with Gasteiger partial charge in [0.2, 0.25) is 0 Å². The van der Waals surface area contributed by atoms with Gasteiger partial charge in [-0.2, -0.15) is 0 Å². The number of rotatable bonds is 2. The molecule has 0 saturated carbocycles. The van der Waals surface area contributed by atoms with Gasteiger partial charge in [0.1, 0.15) is 0 Å². The van der Waals surface area contributed by atoms with E-state index in [2.05, 4.69) is 10.3 Å². The molecule has 1 amide bonds. The minimum atomic E-state index is -4.58. The summed E-state index contributed by atoms with van der Waals surface area (Å²) >= 11 is 1.12. The zero-order valence-corrected chi connectivity index (χ0v) is 13.4. The Morgan fingerprint density at radius 3 is 2.83 bits per heavy atom. The van der Waals surface area contributed by atoms with Gasteiger partial charge in [-0.25, -0.2) is 13.4 Å². The van der Waals surface area contributed by atoms with E-state index in [0.717, 1.165) is 16.2 Å². The molecule has 9 heteroatoms. The van der Waals surface area contributed by atoms with Gasteiger partial charge in [-0.3, -0.25) is 14.4 Å². The number of carbonyl (C=O) groups is 1. The number of hydrogen-bond donors (Lipinski definition) is 2. The molecular weight excluding hydrogens is 338 g/mol. The van der Waals surface area contributed by atoms with Crippen LogP contribution < -0.4 is 5.32 Å². The monoisotopic (exact) mass is 354 g/mol. The van der Waals surface area contributed by atoms with Gasteiger partial charge in [0.05, 0.1) is 4.90 Å². The van der Waals surface area contributed by atoms with Crippen molar-refractivity contribution in [3.8, 4) is 0 Å². The Morgan fingerprint density at radius 2 is 2.17 bits per heavy atom. The number of anilines is 1. The summed E-state index contributed by atoms with van der Waals surface area (Å²) in [6.45, 7) is -1.47. The lowest BCUT2D eigenvalue weighted by Gasteiger charge is -2.28. The Bertz CT molecular complexity index is 1030. The van der Waals surface area contributed by atoms with Crippen LogP contribution in [-0.2, 0) is 14.8 Å². The predicted molar refractivity (Wildman–Crippen MR) is 86.4 cm³/mol. The number of carbonyl (C=O) groups excluding carboxylic acids is 1. The Hall–Kier alpha value is -2.39. The van der Waals surface area contributed by atoms with Crippen molar-refractivity contribution < 1.29 is 22.4 Å². The van der Waals surface area contributed by atoms with Crippen LogP contribution >= 0.6 is 11.3 Å². The Kier molecular flexibility index (Phi) is 2.81. The number of aryl methyl sites for hydroxylation is 1. The number of nitrogens with zero attached hydrogens (tertiary/aromatic N) is 2. The molecule has 0 aliphatic carbocycles. The first-order valence-electron chi connectivity index (χ1n) is 7.85. The fraction of sp³-hybridized carbons (Fsp3) is 0.143. The lowest BCUT2D eigenvalue weighted by atomic mass is 10.1. The molecular formula is C14H13N3O4S2. The standard InChI is InChI=1S/C14H13N3O4S2/c1-8-7-15-14(22-8)16-13(19)11-12(18)9-5-3-4-6-10(9)23(20,21)17(11)2/h3-7,18H,1-2H3,(H,15,16,19)/i2D3. The minimum absolute atomic E-state index is 0.0343. The second-order valence-electron chi connectivity index (χ2n) is 4.69. The molecule has 0 radical (unpaired) electrons. The summed E-state index contributed by atoms with van der Waals surface area (Å²) in [6, 6.07) is 5.32. The zero-order valence-electron chi connectivity index (χ0n) is 14.8. The van der Waals surface area contributed by atoms with Gasteiger partial charge >= 0.3 is 0 Å². The van der Waals surface area contributed by atoms with Crippen molar-refractivity contribution in [2.45, 2.75) is 11.8 Å². The van der Waals surface area contributed by atoms with Crippen LogP contribution in [0.1, 0.15) is 14.6 Å². The molecule has 0 bridgehead atoms. The maximum absolute atomic E-state index is 12.8. The van der Waals surface area contributed by atoms with Gasteiger partial charge in [-0.05, 0) is 19.1 Å². The topological polar surface area (TPSA) is 99.6 Å². The van der Waals surface area contributed by atoms with Crippen molar-refractivity contribution in [3.05, 3.63) is 46.6 Å². The first kappa shape index (κ1) is 12.1. The first-order chi connectivity index (χ1) is 12.0.